The Balaban J connectivity index is 2.07. The van der Waals surface area contributed by atoms with Crippen molar-refractivity contribution in [1.82, 2.24) is 4.98 Å². The maximum absolute atomic E-state index is 11.8. The summed E-state index contributed by atoms with van der Waals surface area (Å²) >= 11 is 0. The number of ether oxygens (including phenoxy) is 2. The predicted molar refractivity (Wildman–Crippen MR) is 85.0 cm³/mol. The lowest BCUT2D eigenvalue weighted by Gasteiger charge is -2.09. The van der Waals surface area contributed by atoms with Crippen LogP contribution in [-0.4, -0.2) is 25.2 Å². The highest BCUT2D eigenvalue weighted by atomic mass is 16.5. The van der Waals surface area contributed by atoms with Crippen LogP contribution >= 0.6 is 0 Å². The maximum atomic E-state index is 11.8. The smallest absolute Gasteiger partial charge is 0.337 e. The van der Waals surface area contributed by atoms with E-state index in [1.807, 2.05) is 12.1 Å². The third-order valence-electron chi connectivity index (χ3n) is 4.15. The first kappa shape index (κ1) is 14.9. The molecule has 1 saturated carbocycles. The van der Waals surface area contributed by atoms with Crippen molar-refractivity contribution in [2.75, 3.05) is 14.2 Å². The molecule has 4 heteroatoms. The van der Waals surface area contributed by atoms with E-state index in [2.05, 4.69) is 18.0 Å². The first-order valence-electron chi connectivity index (χ1n) is 7.54. The number of aryl methyl sites for hydroxylation is 1. The van der Waals surface area contributed by atoms with Crippen LogP contribution in [0, 0.1) is 6.92 Å². The molecule has 0 saturated heterocycles. The molecule has 0 bridgehead atoms. The van der Waals surface area contributed by atoms with Crippen LogP contribution in [0.15, 0.2) is 24.3 Å². The van der Waals surface area contributed by atoms with Gasteiger partial charge in [-0.25, -0.2) is 4.79 Å². The molecule has 1 aromatic heterocycles. The van der Waals surface area contributed by atoms with E-state index in [1.54, 1.807) is 13.2 Å². The number of methoxy groups -OCH3 is 2. The molecule has 0 aliphatic heterocycles. The molecule has 0 spiro atoms. The fourth-order valence-corrected chi connectivity index (χ4v) is 2.84. The van der Waals surface area contributed by atoms with Crippen LogP contribution in [-0.2, 0) is 16.1 Å². The van der Waals surface area contributed by atoms with Crippen LogP contribution in [0.5, 0.6) is 0 Å². The minimum absolute atomic E-state index is 0.308. The quantitative estimate of drug-likeness (QED) is 0.854. The average molecular weight is 299 g/mol. The molecule has 0 atom stereocenters. The normalized spacial score (nSPS) is 14.1. The number of aromatic amines is 1. The number of esters is 1. The van der Waals surface area contributed by atoms with E-state index in [0.717, 1.165) is 22.5 Å². The highest BCUT2D eigenvalue weighted by Crippen LogP contribution is 2.45. The van der Waals surface area contributed by atoms with Gasteiger partial charge < -0.3 is 14.5 Å². The fourth-order valence-electron chi connectivity index (χ4n) is 2.84. The van der Waals surface area contributed by atoms with Crippen LogP contribution in [0.3, 0.4) is 0 Å². The molecule has 1 fully saturated rings. The summed E-state index contributed by atoms with van der Waals surface area (Å²) in [5, 5.41) is 0. The van der Waals surface area contributed by atoms with Crippen LogP contribution in [0.2, 0.25) is 0 Å². The van der Waals surface area contributed by atoms with Gasteiger partial charge in [-0.3, -0.25) is 0 Å². The number of hydrogen-bond acceptors (Lipinski definition) is 3. The lowest BCUT2D eigenvalue weighted by molar-refractivity contribution is 0.0601. The number of H-pyrrole nitrogens is 1. The number of aromatic nitrogens is 1. The van der Waals surface area contributed by atoms with Gasteiger partial charge in [0.2, 0.25) is 0 Å². The van der Waals surface area contributed by atoms with Gasteiger partial charge in [-0.1, -0.05) is 6.07 Å². The van der Waals surface area contributed by atoms with Crippen molar-refractivity contribution in [3.05, 3.63) is 46.6 Å². The molecular formula is C18H21NO3. The lowest BCUT2D eigenvalue weighted by Crippen LogP contribution is -2.02. The summed E-state index contributed by atoms with van der Waals surface area (Å²) in [6.45, 7) is 2.62. The Kier molecular flexibility index (Phi) is 4.03. The third kappa shape index (κ3) is 2.79. The molecule has 4 nitrogen and oxygen atoms in total. The second-order valence-corrected chi connectivity index (χ2v) is 5.85. The molecule has 0 amide bonds. The topological polar surface area (TPSA) is 51.3 Å². The van der Waals surface area contributed by atoms with E-state index in [4.69, 9.17) is 9.47 Å². The molecule has 1 aromatic carbocycles. The summed E-state index contributed by atoms with van der Waals surface area (Å²) in [6.07, 6.45) is 2.46. The molecule has 1 aliphatic carbocycles. The Morgan fingerprint density at radius 3 is 2.68 bits per heavy atom. The van der Waals surface area contributed by atoms with Gasteiger partial charge in [0.1, 0.15) is 0 Å². The van der Waals surface area contributed by atoms with Crippen molar-refractivity contribution in [2.24, 2.45) is 0 Å². The second kappa shape index (κ2) is 5.97. The molecule has 2 aromatic rings. The zero-order valence-corrected chi connectivity index (χ0v) is 13.2. The Morgan fingerprint density at radius 1 is 1.27 bits per heavy atom. The van der Waals surface area contributed by atoms with E-state index in [9.17, 15) is 4.79 Å². The third-order valence-corrected chi connectivity index (χ3v) is 4.15. The zero-order chi connectivity index (χ0) is 15.7. The van der Waals surface area contributed by atoms with Crippen molar-refractivity contribution in [3.8, 4) is 11.3 Å². The van der Waals surface area contributed by atoms with Gasteiger partial charge in [0.25, 0.3) is 0 Å². The summed E-state index contributed by atoms with van der Waals surface area (Å²) in [7, 11) is 3.10. The summed E-state index contributed by atoms with van der Waals surface area (Å²) in [6, 6.07) is 7.88. The van der Waals surface area contributed by atoms with E-state index in [-0.39, 0.29) is 5.97 Å². The number of hydrogen-bond donors (Lipinski definition) is 1. The number of carbonyl (C=O) groups excluding carboxylic acids is 1. The largest absolute Gasteiger partial charge is 0.465 e. The Labute approximate surface area is 130 Å². The van der Waals surface area contributed by atoms with Crippen LogP contribution in [0.4, 0.5) is 0 Å². The van der Waals surface area contributed by atoms with Crippen LogP contribution in [0.1, 0.15) is 45.9 Å². The van der Waals surface area contributed by atoms with Crippen molar-refractivity contribution in [2.45, 2.75) is 32.3 Å². The second-order valence-electron chi connectivity index (χ2n) is 5.85. The van der Waals surface area contributed by atoms with E-state index >= 15 is 0 Å². The predicted octanol–water partition coefficient (Wildman–Crippen LogP) is 3.80. The molecule has 3 rings (SSSR count). The maximum Gasteiger partial charge on any atom is 0.337 e. The standard InChI is InChI=1S/C18H21NO3/c1-11-4-5-13(18(20)22-3)8-15(11)17-16(12-6-7-12)9-14(19-17)10-21-2/h4-5,8-9,12,19H,6-7,10H2,1-3H3. The highest BCUT2D eigenvalue weighted by Gasteiger charge is 2.28. The minimum Gasteiger partial charge on any atom is -0.465 e. The van der Waals surface area contributed by atoms with Crippen molar-refractivity contribution in [3.63, 3.8) is 0 Å². The van der Waals surface area contributed by atoms with Gasteiger partial charge in [-0.2, -0.15) is 0 Å². The Morgan fingerprint density at radius 2 is 2.05 bits per heavy atom. The monoisotopic (exact) mass is 299 g/mol. The summed E-state index contributed by atoms with van der Waals surface area (Å²) in [4.78, 5) is 15.3. The number of nitrogens with one attached hydrogen (secondary N) is 1. The molecule has 0 radical (unpaired) electrons. The molecule has 1 N–H and O–H groups in total. The van der Waals surface area contributed by atoms with Crippen LogP contribution < -0.4 is 0 Å². The van der Waals surface area contributed by atoms with Gasteiger partial charge in [0, 0.05) is 24.1 Å². The van der Waals surface area contributed by atoms with E-state index < -0.39 is 0 Å². The SMILES string of the molecule is COCc1cc(C2CC2)c(-c2cc(C(=O)OC)ccc2C)[nH]1. The highest BCUT2D eigenvalue weighted by molar-refractivity contribution is 5.91. The zero-order valence-electron chi connectivity index (χ0n) is 13.2. The minimum atomic E-state index is -0.308. The van der Waals surface area contributed by atoms with Crippen molar-refractivity contribution < 1.29 is 14.3 Å². The molecule has 1 aliphatic rings. The number of benzene rings is 1. The molecule has 1 heterocycles. The molecule has 22 heavy (non-hydrogen) atoms. The van der Waals surface area contributed by atoms with Gasteiger partial charge in [-0.05, 0) is 55.0 Å². The summed E-state index contributed by atoms with van der Waals surface area (Å²) in [5.74, 6) is 0.316. The Bertz CT molecular complexity index is 698. The van der Waals surface area contributed by atoms with Gasteiger partial charge in [0.05, 0.1) is 19.3 Å². The summed E-state index contributed by atoms with van der Waals surface area (Å²) < 4.78 is 10.1. The molecule has 0 unspecified atom stereocenters. The van der Waals surface area contributed by atoms with Gasteiger partial charge in [-0.15, -0.1) is 0 Å². The molecular weight excluding hydrogens is 278 g/mol. The van der Waals surface area contributed by atoms with Crippen molar-refractivity contribution in [1.29, 1.82) is 0 Å². The van der Waals surface area contributed by atoms with Crippen molar-refractivity contribution >= 4 is 5.97 Å². The molecule has 116 valence electrons. The van der Waals surface area contributed by atoms with Gasteiger partial charge >= 0.3 is 5.97 Å². The van der Waals surface area contributed by atoms with E-state index in [0.29, 0.717) is 18.1 Å². The van der Waals surface area contributed by atoms with E-state index in [1.165, 1.54) is 25.5 Å². The fraction of sp³-hybridized carbons (Fsp3) is 0.389. The first-order chi connectivity index (χ1) is 10.6. The Hall–Kier alpha value is -2.07. The van der Waals surface area contributed by atoms with Gasteiger partial charge in [0.15, 0.2) is 0 Å². The lowest BCUT2D eigenvalue weighted by atomic mass is 9.98. The number of carbonyl (C=O) groups is 1. The summed E-state index contributed by atoms with van der Waals surface area (Å²) in [5.41, 5.74) is 6.29. The average Bonchev–Trinajstić information content (AvgIpc) is 3.29. The number of rotatable bonds is 5. The first-order valence-corrected chi connectivity index (χ1v) is 7.54. The van der Waals surface area contributed by atoms with Crippen LogP contribution in [0.25, 0.3) is 11.3 Å².